The molecule has 0 N–H and O–H groups in total. The predicted molar refractivity (Wildman–Crippen MR) is 118 cm³/mol. The summed E-state index contributed by atoms with van der Waals surface area (Å²) in [6.45, 7) is 0.118. The second-order valence-corrected chi connectivity index (χ2v) is 8.70. The van der Waals surface area contributed by atoms with E-state index in [1.807, 2.05) is 0 Å². The lowest BCUT2D eigenvalue weighted by molar-refractivity contribution is -0.0498. The van der Waals surface area contributed by atoms with Gasteiger partial charge in [-0.15, -0.1) is 0 Å². The third kappa shape index (κ3) is 5.86. The lowest BCUT2D eigenvalue weighted by Crippen LogP contribution is -2.33. The Morgan fingerprint density at radius 3 is 2.10 bits per heavy atom. The van der Waals surface area contributed by atoms with Crippen molar-refractivity contribution in [3.63, 3.8) is 0 Å². The number of hydrogen-bond donors (Lipinski definition) is 0. The Labute approximate surface area is 184 Å². The summed E-state index contributed by atoms with van der Waals surface area (Å²) in [7, 11) is 0. The van der Waals surface area contributed by atoms with Crippen molar-refractivity contribution in [2.75, 3.05) is 6.61 Å². The van der Waals surface area contributed by atoms with E-state index >= 15 is 0 Å². The van der Waals surface area contributed by atoms with Crippen molar-refractivity contribution in [1.29, 1.82) is 0 Å². The molecule has 2 aromatic rings. The quantitative estimate of drug-likeness (QED) is 0.493. The number of benzene rings is 2. The van der Waals surface area contributed by atoms with Crippen molar-refractivity contribution in [1.82, 2.24) is 0 Å². The maximum absolute atomic E-state index is 12.2. The Bertz CT molecular complexity index is 896. The highest BCUT2D eigenvalue weighted by Gasteiger charge is 2.36. The smallest absolute Gasteiger partial charge is 0.387 e. The van der Waals surface area contributed by atoms with Crippen LogP contribution in [0.25, 0.3) is 0 Å². The minimum absolute atomic E-state index is 0.144. The number of rotatable bonds is 5. The molecule has 31 heavy (non-hydrogen) atoms. The third-order valence-electron chi connectivity index (χ3n) is 6.78. The molecule has 0 radical (unpaired) electrons. The Morgan fingerprint density at radius 2 is 1.45 bits per heavy atom. The lowest BCUT2D eigenvalue weighted by Gasteiger charge is -2.42. The van der Waals surface area contributed by atoms with Crippen molar-refractivity contribution < 1.29 is 18.3 Å². The van der Waals surface area contributed by atoms with Crippen molar-refractivity contribution >= 4 is 0 Å². The first-order valence-electron chi connectivity index (χ1n) is 11.4. The zero-order valence-corrected chi connectivity index (χ0v) is 18.0. The van der Waals surface area contributed by atoms with Crippen LogP contribution >= 0.6 is 0 Å². The van der Waals surface area contributed by atoms with Gasteiger partial charge in [0.05, 0.1) is 6.10 Å². The van der Waals surface area contributed by atoms with Crippen LogP contribution in [0.4, 0.5) is 8.78 Å². The second-order valence-electron chi connectivity index (χ2n) is 8.70. The van der Waals surface area contributed by atoms with Gasteiger partial charge in [-0.2, -0.15) is 8.78 Å². The summed E-state index contributed by atoms with van der Waals surface area (Å²) in [6.07, 6.45) is 8.11. The fourth-order valence-corrected chi connectivity index (χ4v) is 5.24. The Hall–Kier alpha value is -2.38. The molecule has 2 saturated carbocycles. The maximum atomic E-state index is 12.2. The van der Waals surface area contributed by atoms with Crippen LogP contribution in [-0.4, -0.2) is 19.3 Å². The number of halogens is 2. The van der Waals surface area contributed by atoms with Gasteiger partial charge >= 0.3 is 6.61 Å². The van der Waals surface area contributed by atoms with Crippen LogP contribution in [0.2, 0.25) is 0 Å². The molecule has 0 aromatic heterocycles. The highest BCUT2D eigenvalue weighted by molar-refractivity contribution is 5.45. The molecule has 0 aliphatic heterocycles. The summed E-state index contributed by atoms with van der Waals surface area (Å²) >= 11 is 0. The first-order valence-corrected chi connectivity index (χ1v) is 11.4. The van der Waals surface area contributed by atoms with Crippen molar-refractivity contribution in [3.05, 3.63) is 65.2 Å². The minimum Gasteiger partial charge on any atom is -0.435 e. The van der Waals surface area contributed by atoms with Gasteiger partial charge < -0.3 is 9.47 Å². The second kappa shape index (κ2) is 10.3. The molecule has 0 bridgehead atoms. The van der Waals surface area contributed by atoms with Crippen LogP contribution < -0.4 is 4.74 Å². The molecule has 0 heterocycles. The van der Waals surface area contributed by atoms with Crippen LogP contribution in [0.3, 0.4) is 0 Å². The molecular weight excluding hydrogens is 394 g/mol. The zero-order valence-electron chi connectivity index (χ0n) is 18.0. The minimum atomic E-state index is -2.81. The van der Waals surface area contributed by atoms with Crippen LogP contribution in [0, 0.1) is 23.7 Å². The summed E-state index contributed by atoms with van der Waals surface area (Å²) in [4.78, 5) is 0. The van der Waals surface area contributed by atoms with Crippen molar-refractivity contribution in [2.24, 2.45) is 11.8 Å². The van der Waals surface area contributed by atoms with Crippen LogP contribution in [0.15, 0.2) is 48.5 Å². The van der Waals surface area contributed by atoms with E-state index in [0.717, 1.165) is 29.6 Å². The lowest BCUT2D eigenvalue weighted by atomic mass is 9.65. The highest BCUT2D eigenvalue weighted by atomic mass is 19.3. The molecule has 0 amide bonds. The van der Waals surface area contributed by atoms with Crippen LogP contribution in [-0.2, 0) is 4.74 Å². The largest absolute Gasteiger partial charge is 0.435 e. The predicted octanol–water partition coefficient (Wildman–Crippen LogP) is 6.78. The van der Waals surface area contributed by atoms with E-state index in [1.54, 1.807) is 12.1 Å². The van der Waals surface area contributed by atoms with E-state index in [0.29, 0.717) is 12.0 Å². The van der Waals surface area contributed by atoms with Crippen molar-refractivity contribution in [3.8, 4) is 17.6 Å². The molecule has 2 aliphatic rings. The molecule has 4 atom stereocenters. The average molecular weight is 425 g/mol. The van der Waals surface area contributed by atoms with Gasteiger partial charge in [-0.05, 0) is 105 Å². The van der Waals surface area contributed by atoms with Crippen molar-refractivity contribution in [2.45, 2.75) is 64.1 Å². The van der Waals surface area contributed by atoms with E-state index in [-0.39, 0.29) is 5.75 Å². The number of alkyl halides is 2. The SMILES string of the molecule is CCOC1CCC2CC(c3ccc(C#Cc4ccc(OC(F)F)cc4)cc3)CCC2C1. The summed E-state index contributed by atoms with van der Waals surface area (Å²) in [5.41, 5.74) is 3.15. The first-order chi connectivity index (χ1) is 15.1. The molecule has 164 valence electrons. The average Bonchev–Trinajstić information content (AvgIpc) is 2.78. The highest BCUT2D eigenvalue weighted by Crippen LogP contribution is 2.46. The number of hydrogen-bond acceptors (Lipinski definition) is 2. The molecule has 0 saturated heterocycles. The van der Waals surface area contributed by atoms with Gasteiger partial charge in [0.25, 0.3) is 0 Å². The maximum Gasteiger partial charge on any atom is 0.387 e. The molecule has 2 fully saturated rings. The van der Waals surface area contributed by atoms with Gasteiger partial charge in [0, 0.05) is 17.7 Å². The Morgan fingerprint density at radius 1 is 0.839 bits per heavy atom. The standard InChI is InChI=1S/C27H30F2O2/c1-2-30-26-16-13-23-17-22(11-12-24(23)18-26)21-9-5-19(6-10-21)3-4-20-7-14-25(15-8-20)31-27(28)29/h5-10,14-15,22-24,26-27H,2,11-13,16-18H2,1H3. The van der Waals surface area contributed by atoms with E-state index in [4.69, 9.17) is 4.74 Å². The topological polar surface area (TPSA) is 18.5 Å². The molecular formula is C27H30F2O2. The van der Waals surface area contributed by atoms with E-state index < -0.39 is 6.61 Å². The number of fused-ring (bicyclic) bond motifs is 1. The van der Waals surface area contributed by atoms with Gasteiger partial charge in [-0.1, -0.05) is 24.0 Å². The Kier molecular flexibility index (Phi) is 7.25. The third-order valence-corrected chi connectivity index (χ3v) is 6.78. The molecule has 2 aromatic carbocycles. The zero-order chi connectivity index (χ0) is 21.6. The van der Waals surface area contributed by atoms with E-state index in [2.05, 4.69) is 47.8 Å². The van der Waals surface area contributed by atoms with Gasteiger partial charge in [-0.3, -0.25) is 0 Å². The van der Waals surface area contributed by atoms with Gasteiger partial charge in [-0.25, -0.2) is 0 Å². The number of ether oxygens (including phenoxy) is 2. The van der Waals surface area contributed by atoms with Crippen LogP contribution in [0.1, 0.15) is 68.1 Å². The molecule has 2 aliphatic carbocycles. The normalized spacial score (nSPS) is 25.4. The molecule has 4 heteroatoms. The van der Waals surface area contributed by atoms with Crippen LogP contribution in [0.5, 0.6) is 5.75 Å². The fourth-order valence-electron chi connectivity index (χ4n) is 5.24. The van der Waals surface area contributed by atoms with E-state index in [1.165, 1.54) is 56.2 Å². The molecule has 2 nitrogen and oxygen atoms in total. The van der Waals surface area contributed by atoms with Gasteiger partial charge in [0.1, 0.15) is 5.75 Å². The fraction of sp³-hybridized carbons (Fsp3) is 0.481. The molecule has 4 rings (SSSR count). The summed E-state index contributed by atoms with van der Waals surface area (Å²) in [5, 5.41) is 0. The first kappa shape index (κ1) is 21.8. The summed E-state index contributed by atoms with van der Waals surface area (Å²) in [6, 6.07) is 15.0. The Balaban J connectivity index is 1.34. The monoisotopic (exact) mass is 424 g/mol. The van der Waals surface area contributed by atoms with Gasteiger partial charge in [0.2, 0.25) is 0 Å². The van der Waals surface area contributed by atoms with E-state index in [9.17, 15) is 8.78 Å². The summed E-state index contributed by atoms with van der Waals surface area (Å²) in [5.74, 6) is 8.72. The molecule has 4 unspecified atom stereocenters. The molecule has 0 spiro atoms. The van der Waals surface area contributed by atoms with Gasteiger partial charge in [0.15, 0.2) is 0 Å². The summed E-state index contributed by atoms with van der Waals surface area (Å²) < 4.78 is 34.7.